The van der Waals surface area contributed by atoms with Crippen molar-refractivity contribution >= 4 is 31.6 Å². The zero-order chi connectivity index (χ0) is 14.8. The van der Waals surface area contributed by atoms with Crippen LogP contribution in [0.3, 0.4) is 0 Å². The molecule has 4 nitrogen and oxygen atoms in total. The smallest absolute Gasteiger partial charge is 0.245 e. The van der Waals surface area contributed by atoms with Crippen LogP contribution in [0, 0.1) is 0 Å². The fourth-order valence-electron chi connectivity index (χ4n) is 1.70. The number of nitrogens with two attached hydrogens (primary N) is 1. The Hall–Kier alpha value is -0.850. The van der Waals surface area contributed by atoms with Crippen LogP contribution in [-0.2, 0) is 10.0 Å². The molecule has 0 amide bonds. The predicted octanol–water partition coefficient (Wildman–Crippen LogP) is 3.01. The molecular formula is C13H19BrN2O2S. The first kappa shape index (κ1) is 16.2. The van der Waals surface area contributed by atoms with E-state index in [-0.39, 0.29) is 17.1 Å². The van der Waals surface area contributed by atoms with Gasteiger partial charge >= 0.3 is 0 Å². The first-order chi connectivity index (χ1) is 8.60. The highest BCUT2D eigenvalue weighted by molar-refractivity contribution is 9.10. The third kappa shape index (κ3) is 3.58. The fraction of sp³-hybridized carbons (Fsp3) is 0.385. The number of hydrogen-bond donors (Lipinski definition) is 1. The van der Waals surface area contributed by atoms with Gasteiger partial charge in [0.05, 0.1) is 5.69 Å². The molecule has 0 atom stereocenters. The van der Waals surface area contributed by atoms with E-state index in [0.29, 0.717) is 4.47 Å². The molecule has 0 saturated heterocycles. The molecule has 0 radical (unpaired) electrons. The highest BCUT2D eigenvalue weighted by atomic mass is 79.9. The van der Waals surface area contributed by atoms with Crippen molar-refractivity contribution in [3.63, 3.8) is 0 Å². The second kappa shape index (κ2) is 5.64. The van der Waals surface area contributed by atoms with Gasteiger partial charge in [-0.3, -0.25) is 0 Å². The Morgan fingerprint density at radius 2 is 2.00 bits per heavy atom. The Labute approximate surface area is 123 Å². The molecule has 0 heterocycles. The summed E-state index contributed by atoms with van der Waals surface area (Å²) in [6.45, 7) is 9.36. The van der Waals surface area contributed by atoms with Crippen molar-refractivity contribution in [2.24, 2.45) is 0 Å². The third-order valence-electron chi connectivity index (χ3n) is 2.59. The summed E-state index contributed by atoms with van der Waals surface area (Å²) in [5, 5.41) is 0. The van der Waals surface area contributed by atoms with Crippen LogP contribution >= 0.6 is 15.9 Å². The first-order valence-electron chi connectivity index (χ1n) is 5.79. The van der Waals surface area contributed by atoms with Crippen molar-refractivity contribution in [1.82, 2.24) is 4.31 Å². The summed E-state index contributed by atoms with van der Waals surface area (Å²) in [6, 6.07) is 4.81. The Kier molecular flexibility index (Phi) is 4.81. The van der Waals surface area contributed by atoms with Crippen LogP contribution in [0.1, 0.15) is 20.8 Å². The van der Waals surface area contributed by atoms with Crippen LogP contribution in [-0.4, -0.2) is 24.8 Å². The van der Waals surface area contributed by atoms with E-state index in [1.54, 1.807) is 18.2 Å². The Balaban J connectivity index is 3.43. The summed E-state index contributed by atoms with van der Waals surface area (Å²) in [5.41, 5.74) is 5.48. The van der Waals surface area contributed by atoms with Gasteiger partial charge < -0.3 is 5.73 Å². The van der Waals surface area contributed by atoms with Crippen LogP contribution in [0.4, 0.5) is 5.69 Å². The van der Waals surface area contributed by atoms with E-state index in [1.807, 2.05) is 20.8 Å². The molecule has 0 fully saturated rings. The summed E-state index contributed by atoms with van der Waals surface area (Å²) in [6.07, 6.45) is 1.57. The van der Waals surface area contributed by atoms with E-state index >= 15 is 0 Å². The zero-order valence-electron chi connectivity index (χ0n) is 11.4. The zero-order valence-corrected chi connectivity index (χ0v) is 13.8. The number of halogens is 1. The summed E-state index contributed by atoms with van der Waals surface area (Å²) < 4.78 is 27.5. The van der Waals surface area contributed by atoms with E-state index < -0.39 is 15.6 Å². The van der Waals surface area contributed by atoms with Crippen molar-refractivity contribution in [3.8, 4) is 0 Å². The van der Waals surface area contributed by atoms with Crippen LogP contribution in [0.25, 0.3) is 0 Å². The molecule has 0 aromatic heterocycles. The van der Waals surface area contributed by atoms with Crippen LogP contribution in [0.2, 0.25) is 0 Å². The average molecular weight is 347 g/mol. The molecule has 0 aliphatic rings. The minimum Gasteiger partial charge on any atom is -0.398 e. The lowest BCUT2D eigenvalue weighted by atomic mass is 10.1. The molecule has 6 heteroatoms. The maximum atomic E-state index is 12.7. The maximum Gasteiger partial charge on any atom is 0.245 e. The van der Waals surface area contributed by atoms with Crippen LogP contribution in [0.15, 0.2) is 40.2 Å². The van der Waals surface area contributed by atoms with Crippen molar-refractivity contribution < 1.29 is 8.42 Å². The number of hydrogen-bond acceptors (Lipinski definition) is 3. The molecule has 19 heavy (non-hydrogen) atoms. The minimum atomic E-state index is -3.67. The summed E-state index contributed by atoms with van der Waals surface area (Å²) in [5.74, 6) is 0. The number of nitrogens with zero attached hydrogens (tertiary/aromatic N) is 1. The molecule has 0 aliphatic heterocycles. The fourth-order valence-corrected chi connectivity index (χ4v) is 4.11. The molecule has 1 aromatic rings. The molecule has 0 saturated carbocycles. The molecule has 1 aromatic carbocycles. The van der Waals surface area contributed by atoms with Gasteiger partial charge in [-0.15, -0.1) is 6.58 Å². The van der Waals surface area contributed by atoms with Gasteiger partial charge in [0.15, 0.2) is 0 Å². The van der Waals surface area contributed by atoms with Gasteiger partial charge in [-0.2, -0.15) is 4.31 Å². The van der Waals surface area contributed by atoms with Crippen LogP contribution in [0.5, 0.6) is 0 Å². The van der Waals surface area contributed by atoms with E-state index in [9.17, 15) is 8.42 Å². The van der Waals surface area contributed by atoms with Gasteiger partial charge in [-0.25, -0.2) is 8.42 Å². The van der Waals surface area contributed by atoms with Crippen molar-refractivity contribution in [3.05, 3.63) is 35.3 Å². The Morgan fingerprint density at radius 3 is 2.47 bits per heavy atom. The number of sulfonamides is 1. The minimum absolute atomic E-state index is 0.110. The van der Waals surface area contributed by atoms with Crippen molar-refractivity contribution in [2.75, 3.05) is 12.3 Å². The standard InChI is InChI=1S/C13H19BrN2O2S/c1-5-8-16(13(2,3)4)19(17,18)12-9-10(14)6-7-11(12)15/h5-7,9H,1,8,15H2,2-4H3. The molecular weight excluding hydrogens is 328 g/mol. The number of nitrogen functional groups attached to an aromatic ring is 1. The number of benzene rings is 1. The topological polar surface area (TPSA) is 63.4 Å². The number of anilines is 1. The van der Waals surface area contributed by atoms with Gasteiger partial charge in [0.25, 0.3) is 0 Å². The maximum absolute atomic E-state index is 12.7. The second-order valence-corrected chi connectivity index (χ2v) is 7.92. The number of rotatable bonds is 4. The second-order valence-electron chi connectivity index (χ2n) is 5.18. The van der Waals surface area contributed by atoms with Gasteiger partial charge in [-0.05, 0) is 39.0 Å². The lowest BCUT2D eigenvalue weighted by Gasteiger charge is -2.34. The largest absolute Gasteiger partial charge is 0.398 e. The van der Waals surface area contributed by atoms with Gasteiger partial charge in [0.1, 0.15) is 4.90 Å². The highest BCUT2D eigenvalue weighted by Gasteiger charge is 2.34. The molecule has 0 unspecified atom stereocenters. The summed E-state index contributed by atoms with van der Waals surface area (Å²) >= 11 is 3.27. The lowest BCUT2D eigenvalue weighted by Crippen LogP contribution is -2.45. The molecule has 2 N–H and O–H groups in total. The average Bonchev–Trinajstić information content (AvgIpc) is 2.27. The Bertz CT molecular complexity index is 577. The van der Waals surface area contributed by atoms with Crippen molar-refractivity contribution in [1.29, 1.82) is 0 Å². The van der Waals surface area contributed by atoms with Gasteiger partial charge in [0, 0.05) is 16.6 Å². The third-order valence-corrected chi connectivity index (χ3v) is 5.27. The van der Waals surface area contributed by atoms with E-state index in [4.69, 9.17) is 5.73 Å². The van der Waals surface area contributed by atoms with E-state index in [2.05, 4.69) is 22.5 Å². The highest BCUT2D eigenvalue weighted by Crippen LogP contribution is 2.29. The molecule has 1 rings (SSSR count). The van der Waals surface area contributed by atoms with E-state index in [1.165, 1.54) is 10.4 Å². The molecule has 0 spiro atoms. The monoisotopic (exact) mass is 346 g/mol. The normalized spacial score (nSPS) is 12.7. The van der Waals surface area contributed by atoms with Crippen molar-refractivity contribution in [2.45, 2.75) is 31.2 Å². The quantitative estimate of drug-likeness (QED) is 0.673. The molecule has 0 aliphatic carbocycles. The van der Waals surface area contributed by atoms with Gasteiger partial charge in [-0.1, -0.05) is 22.0 Å². The predicted molar refractivity (Wildman–Crippen MR) is 82.4 cm³/mol. The lowest BCUT2D eigenvalue weighted by molar-refractivity contribution is 0.270. The summed E-state index contributed by atoms with van der Waals surface area (Å²) in [4.78, 5) is 0.110. The first-order valence-corrected chi connectivity index (χ1v) is 8.03. The SMILES string of the molecule is C=CCN(C(C)(C)C)S(=O)(=O)c1cc(Br)ccc1N. The van der Waals surface area contributed by atoms with Gasteiger partial charge in [0.2, 0.25) is 10.0 Å². The molecule has 106 valence electrons. The summed E-state index contributed by atoms with van der Waals surface area (Å²) in [7, 11) is -3.67. The Morgan fingerprint density at radius 1 is 1.42 bits per heavy atom. The van der Waals surface area contributed by atoms with E-state index in [0.717, 1.165) is 0 Å². The van der Waals surface area contributed by atoms with Crippen LogP contribution < -0.4 is 5.73 Å². The molecule has 0 bridgehead atoms.